The fraction of sp³-hybridized carbons (Fsp3) is 0.250. The van der Waals surface area contributed by atoms with Gasteiger partial charge in [0.15, 0.2) is 5.78 Å². The Bertz CT molecular complexity index is 742. The van der Waals surface area contributed by atoms with E-state index in [0.717, 1.165) is 12.8 Å². The van der Waals surface area contributed by atoms with E-state index in [1.54, 1.807) is 6.07 Å². The third-order valence-electron chi connectivity index (χ3n) is 3.89. The highest BCUT2D eigenvalue weighted by Gasteiger charge is 2.33. The van der Waals surface area contributed by atoms with Gasteiger partial charge < -0.3 is 11.5 Å². The van der Waals surface area contributed by atoms with Crippen LogP contribution in [0.1, 0.15) is 44.6 Å². The number of hydrogen-bond donors (Lipinski definition) is 2. The number of nitrogens with zero attached hydrogens (tertiary/aromatic N) is 1. The molecule has 1 fully saturated rings. The van der Waals surface area contributed by atoms with E-state index in [1.807, 2.05) is 0 Å². The number of benzene rings is 1. The van der Waals surface area contributed by atoms with Crippen LogP contribution in [0.4, 0.5) is 10.2 Å². The molecule has 1 aliphatic rings. The molecule has 0 unspecified atom stereocenters. The van der Waals surface area contributed by atoms with Crippen molar-refractivity contribution in [3.8, 4) is 0 Å². The van der Waals surface area contributed by atoms with Gasteiger partial charge in [0.05, 0.1) is 10.6 Å². The van der Waals surface area contributed by atoms with Crippen LogP contribution in [0.15, 0.2) is 30.5 Å². The molecule has 1 saturated carbocycles. The van der Waals surface area contributed by atoms with E-state index >= 15 is 0 Å². The smallest absolute Gasteiger partial charge is 0.199 e. The number of pyridine rings is 1. The van der Waals surface area contributed by atoms with Crippen molar-refractivity contribution in [1.29, 1.82) is 0 Å². The topological polar surface area (TPSA) is 82.0 Å². The molecule has 0 saturated heterocycles. The van der Waals surface area contributed by atoms with Gasteiger partial charge in [-0.15, -0.1) is 0 Å². The van der Waals surface area contributed by atoms with E-state index in [-0.39, 0.29) is 32.2 Å². The number of carbonyl (C=O) groups is 1. The van der Waals surface area contributed by atoms with Gasteiger partial charge >= 0.3 is 0 Å². The van der Waals surface area contributed by atoms with Crippen molar-refractivity contribution in [3.05, 3.63) is 58.0 Å². The van der Waals surface area contributed by atoms with E-state index in [1.165, 1.54) is 24.4 Å². The largest absolute Gasteiger partial charge is 0.384 e. The monoisotopic (exact) mass is 325 g/mol. The van der Waals surface area contributed by atoms with E-state index in [9.17, 15) is 9.18 Å². The van der Waals surface area contributed by atoms with E-state index in [4.69, 9.17) is 23.1 Å². The molecule has 4 N–H and O–H groups in total. The third kappa shape index (κ3) is 2.69. The fourth-order valence-corrected chi connectivity index (χ4v) is 2.66. The summed E-state index contributed by atoms with van der Waals surface area (Å²) in [5.41, 5.74) is 11.9. The van der Waals surface area contributed by atoms with Crippen LogP contribution >= 0.6 is 11.6 Å². The summed E-state index contributed by atoms with van der Waals surface area (Å²) in [7, 11) is 0. The highest BCUT2D eigenvalue weighted by molar-refractivity contribution is 6.35. The summed E-state index contributed by atoms with van der Waals surface area (Å²) in [5, 5.41) is 0.0612. The van der Waals surface area contributed by atoms with Gasteiger partial charge in [-0.05, 0) is 37.0 Å². The predicted octanol–water partition coefficient (Wildman–Crippen LogP) is 3.84. The van der Waals surface area contributed by atoms with Gasteiger partial charge in [-0.2, -0.15) is 0 Å². The van der Waals surface area contributed by atoms with Crippen molar-refractivity contribution in [2.24, 2.45) is 11.7 Å². The molecule has 0 aliphatic heterocycles. The first kappa shape index (κ1) is 14.9. The molecule has 120 valence electrons. The van der Waals surface area contributed by atoms with Crippen molar-refractivity contribution >= 4 is 23.2 Å². The van der Waals surface area contributed by atoms with Crippen LogP contribution < -0.4 is 11.5 Å². The lowest BCUT2D eigenvalue weighted by Gasteiger charge is -2.15. The summed E-state index contributed by atoms with van der Waals surface area (Å²) >= 11 is 6.03. The van der Waals surface area contributed by atoms with Crippen LogP contribution in [-0.4, -0.2) is 10.8 Å². The zero-order valence-electron chi connectivity index (χ0n) is 11.7. The molecule has 1 atom stereocenters. The minimum Gasteiger partial charge on any atom is -0.384 e. The molecule has 1 aromatic carbocycles. The molecule has 0 bridgehead atoms. The van der Waals surface area contributed by atoms with Crippen molar-refractivity contribution in [1.82, 2.24) is 4.98 Å². The Kier molecular flexibility index (Phi) is 3.85. The average molecular weight is 326 g/mol. The zero-order chi connectivity index (χ0) is 15.9. The number of halogens is 2. The Labute approximate surface area is 136 Å². The summed E-state index contributed by atoms with van der Waals surface area (Å²) in [4.78, 5) is 16.4. The maximum absolute atomic E-state index is 14.8. The van der Waals surface area contributed by atoms with Crippen molar-refractivity contribution in [2.45, 2.75) is 18.9 Å². The molecule has 1 aromatic heterocycles. The Morgan fingerprint density at radius 3 is 2.68 bits per heavy atom. The van der Waals surface area contributed by atoms with Crippen molar-refractivity contribution in [3.63, 3.8) is 0 Å². The highest BCUT2D eigenvalue weighted by atomic mass is 35.5. The quantitative estimate of drug-likeness (QED) is 0.837. The number of aromatic nitrogens is 1. The minimum atomic E-state index is -0.645. The first-order chi connectivity index (χ1) is 10.5. The lowest BCUT2D eigenvalue weighted by molar-refractivity contribution is 0.103. The summed E-state index contributed by atoms with van der Waals surface area (Å²) < 4.78 is 14.8. The number of carbonyl (C=O) groups excluding carboxylic acids is 1. The molecular weight excluding hydrogens is 305 g/mol. The maximum atomic E-state index is 14.8. The minimum absolute atomic E-state index is 0. The average Bonchev–Trinajstić information content (AvgIpc) is 3.32. The zero-order valence-corrected chi connectivity index (χ0v) is 12.5. The molecule has 6 heteroatoms. The molecule has 1 aliphatic carbocycles. The van der Waals surface area contributed by atoms with Crippen molar-refractivity contribution < 1.29 is 13.5 Å². The van der Waals surface area contributed by atoms with Gasteiger partial charge in [0.2, 0.25) is 0 Å². The predicted molar refractivity (Wildman–Crippen MR) is 89.5 cm³/mol. The van der Waals surface area contributed by atoms with E-state index < -0.39 is 17.6 Å². The van der Waals surface area contributed by atoms with E-state index in [0.29, 0.717) is 5.56 Å². The Hall–Kier alpha value is -1.98. The summed E-state index contributed by atoms with van der Waals surface area (Å²) in [6.45, 7) is 0. The van der Waals surface area contributed by atoms with Gasteiger partial charge in [-0.1, -0.05) is 17.7 Å². The normalized spacial score (nSPS) is 15.6. The Morgan fingerprint density at radius 1 is 1.36 bits per heavy atom. The summed E-state index contributed by atoms with van der Waals surface area (Å²) in [6, 6.07) is 5.64. The number of rotatable bonds is 4. The number of hydrogen-bond acceptors (Lipinski definition) is 4. The van der Waals surface area contributed by atoms with Gasteiger partial charge in [0, 0.05) is 27.6 Å². The third-order valence-corrected chi connectivity index (χ3v) is 4.20. The van der Waals surface area contributed by atoms with Crippen molar-refractivity contribution in [2.75, 3.05) is 5.73 Å². The van der Waals surface area contributed by atoms with Gasteiger partial charge in [0.1, 0.15) is 11.6 Å². The molecule has 1 heterocycles. The molecule has 22 heavy (non-hydrogen) atoms. The van der Waals surface area contributed by atoms with Crippen LogP contribution in [0.5, 0.6) is 0 Å². The van der Waals surface area contributed by atoms with E-state index in [2.05, 4.69) is 4.98 Å². The molecule has 0 radical (unpaired) electrons. The standard InChI is InChI=1S/C16H15ClFN3O.3H2/c17-11-5-4-10(15(20)8-1-2-8)14(18)13(11)16(22)9-3-6-12(19)21-7-9;;;/h3-8,15H,1-2,20H2,(H2,19,21);3*1H/t15-;;;/m1.../s1. The Balaban J connectivity index is 0.00000192. The number of anilines is 1. The van der Waals surface area contributed by atoms with Gasteiger partial charge in [-0.3, -0.25) is 4.79 Å². The SMILES string of the molecule is Nc1ccc(C(=O)c2c(Cl)ccc([C@H](N)C3CC3)c2F)cn1.[HH].[HH].[HH]. The molecular formula is C16H21ClFN3O. The second kappa shape index (κ2) is 5.66. The maximum Gasteiger partial charge on any atom is 0.199 e. The van der Waals surface area contributed by atoms with Gasteiger partial charge in [0.25, 0.3) is 0 Å². The van der Waals surface area contributed by atoms with Crippen LogP contribution in [0.2, 0.25) is 5.02 Å². The second-order valence-corrected chi connectivity index (χ2v) is 5.90. The Morgan fingerprint density at radius 2 is 2.09 bits per heavy atom. The van der Waals surface area contributed by atoms with Crippen LogP contribution in [0.25, 0.3) is 0 Å². The second-order valence-electron chi connectivity index (χ2n) is 5.49. The molecule has 3 rings (SSSR count). The van der Waals surface area contributed by atoms with Crippen LogP contribution in [0, 0.1) is 11.7 Å². The molecule has 4 nitrogen and oxygen atoms in total. The molecule has 2 aromatic rings. The lowest BCUT2D eigenvalue weighted by Crippen LogP contribution is -2.17. The molecule has 0 amide bonds. The molecule has 0 spiro atoms. The van der Waals surface area contributed by atoms with Gasteiger partial charge in [-0.25, -0.2) is 9.37 Å². The van der Waals surface area contributed by atoms with Crippen LogP contribution in [-0.2, 0) is 0 Å². The number of nitrogen functional groups attached to an aromatic ring is 1. The number of nitrogens with two attached hydrogens (primary N) is 2. The fourth-order valence-electron chi connectivity index (χ4n) is 2.43. The first-order valence-corrected chi connectivity index (χ1v) is 7.36. The summed E-state index contributed by atoms with van der Waals surface area (Å²) in [5.74, 6) is -0.613. The van der Waals surface area contributed by atoms with Crippen LogP contribution in [0.3, 0.4) is 0 Å². The highest BCUT2D eigenvalue weighted by Crippen LogP contribution is 2.41. The number of ketones is 1. The lowest BCUT2D eigenvalue weighted by atomic mass is 9.96. The first-order valence-electron chi connectivity index (χ1n) is 6.98. The summed E-state index contributed by atoms with van der Waals surface area (Å²) in [6.07, 6.45) is 3.27.